The second kappa shape index (κ2) is 5.94. The minimum atomic E-state index is -4.60. The molecule has 0 saturated heterocycles. The summed E-state index contributed by atoms with van der Waals surface area (Å²) < 4.78 is 61.7. The van der Waals surface area contributed by atoms with Crippen LogP contribution < -0.4 is 0 Å². The topological polar surface area (TPSA) is 50.3 Å². The molecule has 0 aliphatic heterocycles. The maximum Gasteiger partial charge on any atom is 0.402 e. The molecular formula is C9H12ClF3N2O2S2. The van der Waals surface area contributed by atoms with Gasteiger partial charge in [-0.05, 0) is 5.92 Å². The van der Waals surface area contributed by atoms with Crippen molar-refractivity contribution in [3.8, 4) is 0 Å². The highest BCUT2D eigenvalue weighted by molar-refractivity contribution is 7.91. The molecule has 110 valence electrons. The Morgan fingerprint density at radius 2 is 2.05 bits per heavy atom. The summed E-state index contributed by atoms with van der Waals surface area (Å²) in [5.74, 6) is -0.236. The molecule has 0 bridgehead atoms. The van der Waals surface area contributed by atoms with Crippen LogP contribution in [-0.4, -0.2) is 37.0 Å². The van der Waals surface area contributed by atoms with Crippen LogP contribution in [0.15, 0.2) is 10.4 Å². The number of rotatable bonds is 5. The van der Waals surface area contributed by atoms with E-state index in [0.717, 1.165) is 6.20 Å². The van der Waals surface area contributed by atoms with E-state index in [9.17, 15) is 21.6 Å². The molecule has 0 aliphatic carbocycles. The Morgan fingerprint density at radius 3 is 2.42 bits per heavy atom. The maximum absolute atomic E-state index is 12.5. The van der Waals surface area contributed by atoms with Gasteiger partial charge in [-0.15, -0.1) is 0 Å². The van der Waals surface area contributed by atoms with E-state index in [1.807, 2.05) is 0 Å². The Balaban J connectivity index is 3.09. The van der Waals surface area contributed by atoms with Gasteiger partial charge in [-0.2, -0.15) is 17.5 Å². The third kappa shape index (κ3) is 4.90. The molecule has 1 rings (SSSR count). The monoisotopic (exact) mass is 336 g/mol. The van der Waals surface area contributed by atoms with E-state index in [1.54, 1.807) is 13.8 Å². The molecule has 0 spiro atoms. The highest BCUT2D eigenvalue weighted by Crippen LogP contribution is 2.28. The lowest BCUT2D eigenvalue weighted by Gasteiger charge is -2.24. The molecular weight excluding hydrogens is 325 g/mol. The fraction of sp³-hybridized carbons (Fsp3) is 0.667. The van der Waals surface area contributed by atoms with Crippen molar-refractivity contribution in [2.24, 2.45) is 5.92 Å². The smallest absolute Gasteiger partial charge is 0.232 e. The zero-order chi connectivity index (χ0) is 14.8. The molecule has 1 aromatic rings. The van der Waals surface area contributed by atoms with Gasteiger partial charge in [0.05, 0.1) is 6.20 Å². The van der Waals surface area contributed by atoms with Crippen LogP contribution in [0.25, 0.3) is 0 Å². The molecule has 0 N–H and O–H groups in total. The van der Waals surface area contributed by atoms with Gasteiger partial charge in [-0.25, -0.2) is 13.4 Å². The summed E-state index contributed by atoms with van der Waals surface area (Å²) in [6, 6.07) is 0. The summed E-state index contributed by atoms with van der Waals surface area (Å²) in [6.07, 6.45) is -3.64. The molecule has 0 radical (unpaired) electrons. The summed E-state index contributed by atoms with van der Waals surface area (Å²) in [5, 5.41) is 0. The summed E-state index contributed by atoms with van der Waals surface area (Å²) >= 11 is 6.15. The molecule has 0 saturated carbocycles. The van der Waals surface area contributed by atoms with Crippen molar-refractivity contribution in [2.45, 2.75) is 24.2 Å². The van der Waals surface area contributed by atoms with E-state index in [2.05, 4.69) is 4.98 Å². The van der Waals surface area contributed by atoms with Crippen molar-refractivity contribution in [1.82, 2.24) is 9.29 Å². The highest BCUT2D eigenvalue weighted by Gasteiger charge is 2.38. The summed E-state index contributed by atoms with van der Waals surface area (Å²) in [6.45, 7) is 1.53. The standard InChI is InChI=1S/C9H12ClF3N2O2S2/c1-6(2)4-15(5-9(11,12)13)19(16,17)7-3-14-8(10)18-7/h3,6H,4-5H2,1-2H3. The SMILES string of the molecule is CC(C)CN(CC(F)(F)F)S(=O)(=O)c1cnc(Cl)s1. The molecule has 1 aromatic heterocycles. The zero-order valence-corrected chi connectivity index (χ0v) is 12.5. The van der Waals surface area contributed by atoms with Crippen molar-refractivity contribution in [3.05, 3.63) is 10.7 Å². The van der Waals surface area contributed by atoms with E-state index in [4.69, 9.17) is 11.6 Å². The van der Waals surface area contributed by atoms with Crippen LogP contribution in [-0.2, 0) is 10.0 Å². The van der Waals surface area contributed by atoms with E-state index in [-0.39, 0.29) is 21.1 Å². The van der Waals surface area contributed by atoms with E-state index in [0.29, 0.717) is 15.6 Å². The van der Waals surface area contributed by atoms with E-state index >= 15 is 0 Å². The quantitative estimate of drug-likeness (QED) is 0.830. The van der Waals surface area contributed by atoms with Crippen molar-refractivity contribution in [3.63, 3.8) is 0 Å². The number of hydrogen-bond acceptors (Lipinski definition) is 4. The lowest BCUT2D eigenvalue weighted by atomic mass is 10.2. The normalized spacial score (nSPS) is 13.5. The van der Waals surface area contributed by atoms with Crippen molar-refractivity contribution in [2.75, 3.05) is 13.1 Å². The number of aromatic nitrogens is 1. The second-order valence-corrected chi connectivity index (χ2v) is 8.02. The molecule has 0 amide bonds. The summed E-state index contributed by atoms with van der Waals surface area (Å²) in [4.78, 5) is 3.54. The van der Waals surface area contributed by atoms with Crippen molar-refractivity contribution >= 4 is 33.0 Å². The lowest BCUT2D eigenvalue weighted by molar-refractivity contribution is -0.136. The summed E-state index contributed by atoms with van der Waals surface area (Å²) in [5.41, 5.74) is 0. The highest BCUT2D eigenvalue weighted by atomic mass is 35.5. The number of hydrogen-bond donors (Lipinski definition) is 0. The molecule has 0 aliphatic rings. The lowest BCUT2D eigenvalue weighted by Crippen LogP contribution is -2.40. The first-order chi connectivity index (χ1) is 8.52. The van der Waals surface area contributed by atoms with Gasteiger partial charge >= 0.3 is 6.18 Å². The minimum absolute atomic E-state index is 0.0323. The van der Waals surface area contributed by atoms with Crippen molar-refractivity contribution < 1.29 is 21.6 Å². The Morgan fingerprint density at radius 1 is 1.47 bits per heavy atom. The first-order valence-electron chi connectivity index (χ1n) is 5.20. The van der Waals surface area contributed by atoms with Crippen LogP contribution in [0.2, 0.25) is 4.47 Å². The Labute approximate surface area is 118 Å². The van der Waals surface area contributed by atoms with Gasteiger partial charge < -0.3 is 0 Å². The van der Waals surface area contributed by atoms with Crippen LogP contribution in [0.1, 0.15) is 13.8 Å². The molecule has 19 heavy (non-hydrogen) atoms. The first-order valence-corrected chi connectivity index (χ1v) is 7.84. The number of halogens is 4. The molecule has 0 fully saturated rings. The van der Waals surface area contributed by atoms with Crippen LogP contribution in [0.5, 0.6) is 0 Å². The average molecular weight is 337 g/mol. The van der Waals surface area contributed by atoms with E-state index < -0.39 is 22.7 Å². The van der Waals surface area contributed by atoms with Crippen LogP contribution >= 0.6 is 22.9 Å². The maximum atomic E-state index is 12.5. The van der Waals surface area contributed by atoms with Gasteiger partial charge in [0.1, 0.15) is 6.54 Å². The predicted molar refractivity (Wildman–Crippen MR) is 66.8 cm³/mol. The van der Waals surface area contributed by atoms with Gasteiger partial charge in [0.15, 0.2) is 8.68 Å². The van der Waals surface area contributed by atoms with Gasteiger partial charge in [0.25, 0.3) is 10.0 Å². The predicted octanol–water partition coefficient (Wildman–Crippen LogP) is 3.01. The Bertz CT molecular complexity index is 528. The molecule has 1 heterocycles. The van der Waals surface area contributed by atoms with Gasteiger partial charge in [0.2, 0.25) is 0 Å². The average Bonchev–Trinajstić information content (AvgIpc) is 2.61. The molecule has 0 unspecified atom stereocenters. The molecule has 0 aromatic carbocycles. The fourth-order valence-corrected chi connectivity index (χ4v) is 4.38. The number of nitrogens with zero attached hydrogens (tertiary/aromatic N) is 2. The number of sulfonamides is 1. The molecule has 4 nitrogen and oxygen atoms in total. The largest absolute Gasteiger partial charge is 0.402 e. The zero-order valence-electron chi connectivity index (χ0n) is 10.1. The van der Waals surface area contributed by atoms with Crippen molar-refractivity contribution in [1.29, 1.82) is 0 Å². The van der Waals surface area contributed by atoms with Gasteiger partial charge in [-0.3, -0.25) is 0 Å². The van der Waals surface area contributed by atoms with Crippen LogP contribution in [0, 0.1) is 5.92 Å². The minimum Gasteiger partial charge on any atom is -0.232 e. The Hall–Kier alpha value is -0.380. The third-order valence-corrected chi connectivity index (χ3v) is 5.34. The number of thiazole rings is 1. The third-order valence-electron chi connectivity index (χ3n) is 1.97. The second-order valence-electron chi connectivity index (χ2n) is 4.24. The first kappa shape index (κ1) is 16.7. The van der Waals surface area contributed by atoms with Crippen LogP contribution in [0.3, 0.4) is 0 Å². The summed E-state index contributed by atoms with van der Waals surface area (Å²) in [7, 11) is -4.22. The number of alkyl halides is 3. The Kier molecular flexibility index (Phi) is 5.21. The van der Waals surface area contributed by atoms with Crippen LogP contribution in [0.4, 0.5) is 13.2 Å². The fourth-order valence-electron chi connectivity index (χ4n) is 1.34. The van der Waals surface area contributed by atoms with Gasteiger partial charge in [0, 0.05) is 6.54 Å². The molecule has 0 atom stereocenters. The van der Waals surface area contributed by atoms with Gasteiger partial charge in [-0.1, -0.05) is 36.8 Å². The molecule has 10 heteroatoms. The van der Waals surface area contributed by atoms with E-state index in [1.165, 1.54) is 0 Å².